The molecule has 2 aliphatic rings. The summed E-state index contributed by atoms with van der Waals surface area (Å²) in [5.41, 5.74) is 4.72. The van der Waals surface area contributed by atoms with Gasteiger partial charge in [-0.15, -0.1) is 6.42 Å². The minimum atomic E-state index is -0.227. The fourth-order valence-electron chi connectivity index (χ4n) is 5.54. The Labute approximate surface area is 222 Å². The highest BCUT2D eigenvalue weighted by Crippen LogP contribution is 2.34. The molecule has 0 spiro atoms. The number of terminal acetylenes is 1. The number of nitrogens with one attached hydrogen (secondary N) is 1. The Morgan fingerprint density at radius 1 is 1.08 bits per heavy atom. The Hall–Kier alpha value is -4.16. The van der Waals surface area contributed by atoms with Gasteiger partial charge in [-0.2, -0.15) is 4.98 Å². The molecule has 0 bridgehead atoms. The summed E-state index contributed by atoms with van der Waals surface area (Å²) in [6.45, 7) is 6.47. The number of likely N-dealkylation sites (N-methyl/N-ethyl adjacent to an activating group) is 1. The molecule has 194 valence electrons. The first kappa shape index (κ1) is 24.2. The van der Waals surface area contributed by atoms with Crippen molar-refractivity contribution in [2.24, 2.45) is 0 Å². The molecule has 1 unspecified atom stereocenters. The maximum atomic E-state index is 13.3. The van der Waals surface area contributed by atoms with E-state index in [0.29, 0.717) is 28.7 Å². The van der Waals surface area contributed by atoms with Gasteiger partial charge in [0.25, 0.3) is 5.56 Å². The molecule has 0 amide bonds. The normalized spacial score (nSPS) is 17.5. The van der Waals surface area contributed by atoms with E-state index in [-0.39, 0.29) is 12.1 Å². The van der Waals surface area contributed by atoms with E-state index in [1.54, 1.807) is 10.9 Å². The lowest BCUT2D eigenvalue weighted by atomic mass is 10.0. The maximum absolute atomic E-state index is 13.3. The third kappa shape index (κ3) is 4.31. The molecular weight excluding hydrogens is 476 g/mol. The van der Waals surface area contributed by atoms with E-state index < -0.39 is 0 Å². The van der Waals surface area contributed by atoms with Crippen LogP contribution in [0.15, 0.2) is 47.4 Å². The summed E-state index contributed by atoms with van der Waals surface area (Å²) in [6.07, 6.45) is 10.4. The van der Waals surface area contributed by atoms with E-state index >= 15 is 0 Å². The smallest absolute Gasteiger partial charge is 0.279 e. The molecule has 1 atom stereocenters. The second kappa shape index (κ2) is 9.95. The van der Waals surface area contributed by atoms with Crippen LogP contribution >= 0.6 is 0 Å². The predicted molar refractivity (Wildman–Crippen MR) is 151 cm³/mol. The zero-order valence-corrected chi connectivity index (χ0v) is 21.9. The molecule has 4 heterocycles. The topological polar surface area (TPSA) is 84.1 Å². The minimum absolute atomic E-state index is 0.113. The summed E-state index contributed by atoms with van der Waals surface area (Å²) in [5, 5.41) is 3.70. The van der Waals surface area contributed by atoms with Gasteiger partial charge in [-0.1, -0.05) is 18.9 Å². The van der Waals surface area contributed by atoms with Gasteiger partial charge < -0.3 is 15.1 Å². The van der Waals surface area contributed by atoms with E-state index in [4.69, 9.17) is 16.4 Å². The van der Waals surface area contributed by atoms with Crippen molar-refractivity contribution < 1.29 is 0 Å². The first-order valence-electron chi connectivity index (χ1n) is 13.3. The van der Waals surface area contributed by atoms with Crippen molar-refractivity contribution in [3.63, 3.8) is 0 Å². The van der Waals surface area contributed by atoms with Gasteiger partial charge in [0, 0.05) is 55.4 Å². The van der Waals surface area contributed by atoms with Crippen LogP contribution in [0.4, 0.5) is 17.3 Å². The molecule has 1 aliphatic heterocycles. The molecule has 4 aromatic rings. The lowest BCUT2D eigenvalue weighted by molar-refractivity contribution is 0.313. The van der Waals surface area contributed by atoms with Crippen LogP contribution in [0.5, 0.6) is 0 Å². The number of aromatic nitrogens is 5. The summed E-state index contributed by atoms with van der Waals surface area (Å²) in [5.74, 6) is 4.08. The highest BCUT2D eigenvalue weighted by Gasteiger charge is 2.25. The molecule has 1 aliphatic carbocycles. The largest absolute Gasteiger partial charge is 0.369 e. The predicted octanol–water partition coefficient (Wildman–Crippen LogP) is 3.55. The fourth-order valence-corrected chi connectivity index (χ4v) is 5.54. The lowest BCUT2D eigenvalue weighted by Crippen LogP contribution is -2.44. The van der Waals surface area contributed by atoms with Crippen LogP contribution in [-0.2, 0) is 13.0 Å². The van der Waals surface area contributed by atoms with Crippen LogP contribution in [0.3, 0.4) is 0 Å². The number of rotatable bonds is 6. The molecule has 1 aromatic carbocycles. The zero-order chi connectivity index (χ0) is 26.2. The molecule has 6 rings (SSSR count). The molecule has 1 saturated heterocycles. The Bertz CT molecular complexity index is 1570. The van der Waals surface area contributed by atoms with E-state index in [2.05, 4.69) is 58.2 Å². The van der Waals surface area contributed by atoms with Gasteiger partial charge in [0.15, 0.2) is 11.5 Å². The second-order valence-corrected chi connectivity index (χ2v) is 10.1. The van der Waals surface area contributed by atoms with Gasteiger partial charge in [0.1, 0.15) is 11.9 Å². The number of anilines is 3. The van der Waals surface area contributed by atoms with E-state index in [1.165, 1.54) is 15.9 Å². The summed E-state index contributed by atoms with van der Waals surface area (Å²) in [4.78, 5) is 32.2. The Morgan fingerprint density at radius 2 is 1.87 bits per heavy atom. The number of aryl methyl sites for hydroxylation is 1. The van der Waals surface area contributed by atoms with Crippen LogP contribution in [0.2, 0.25) is 0 Å². The zero-order valence-electron chi connectivity index (χ0n) is 21.9. The van der Waals surface area contributed by atoms with Crippen molar-refractivity contribution in [1.82, 2.24) is 29.2 Å². The van der Waals surface area contributed by atoms with Crippen LogP contribution in [0, 0.1) is 12.3 Å². The van der Waals surface area contributed by atoms with Crippen LogP contribution in [-0.4, -0.2) is 62.4 Å². The molecule has 0 radical (unpaired) electrons. The van der Waals surface area contributed by atoms with Crippen molar-refractivity contribution in [1.29, 1.82) is 0 Å². The number of fused-ring (bicyclic) bond motifs is 2. The minimum Gasteiger partial charge on any atom is -0.369 e. The number of hydrogen-bond acceptors (Lipinski definition) is 7. The van der Waals surface area contributed by atoms with Gasteiger partial charge in [-0.25, -0.2) is 19.3 Å². The third-order valence-electron chi connectivity index (χ3n) is 7.76. The number of piperazine rings is 1. The lowest BCUT2D eigenvalue weighted by Gasteiger charge is -2.34. The number of nitrogens with zero attached hydrogens (tertiary/aromatic N) is 7. The molecule has 9 nitrogen and oxygen atoms in total. The van der Waals surface area contributed by atoms with Crippen molar-refractivity contribution in [2.45, 2.75) is 38.6 Å². The van der Waals surface area contributed by atoms with Crippen molar-refractivity contribution in [3.8, 4) is 18.2 Å². The summed E-state index contributed by atoms with van der Waals surface area (Å²) < 4.78 is 3.25. The first-order chi connectivity index (χ1) is 18.6. The van der Waals surface area contributed by atoms with Crippen molar-refractivity contribution >= 4 is 28.4 Å². The molecule has 9 heteroatoms. The van der Waals surface area contributed by atoms with Gasteiger partial charge in [-0.3, -0.25) is 4.79 Å². The van der Waals surface area contributed by atoms with Gasteiger partial charge in [0.2, 0.25) is 5.95 Å². The quantitative estimate of drug-likeness (QED) is 0.399. The maximum Gasteiger partial charge on any atom is 0.279 e. The van der Waals surface area contributed by atoms with Crippen molar-refractivity contribution in [3.05, 3.63) is 64.2 Å². The van der Waals surface area contributed by atoms with Crippen LogP contribution < -0.4 is 15.8 Å². The molecular formula is C29H32N8O. The Balaban J connectivity index is 1.35. The van der Waals surface area contributed by atoms with E-state index in [1.807, 2.05) is 18.2 Å². The molecule has 38 heavy (non-hydrogen) atoms. The molecule has 3 aromatic heterocycles. The molecule has 0 saturated carbocycles. The average Bonchev–Trinajstić information content (AvgIpc) is 3.47. The molecule has 1 N–H and O–H groups in total. The third-order valence-corrected chi connectivity index (χ3v) is 7.76. The second-order valence-electron chi connectivity index (χ2n) is 10.1. The van der Waals surface area contributed by atoms with Crippen LogP contribution in [0.25, 0.3) is 16.9 Å². The number of hydrogen-bond donors (Lipinski definition) is 1. The van der Waals surface area contributed by atoms with Gasteiger partial charge in [0.05, 0.1) is 0 Å². The van der Waals surface area contributed by atoms with E-state index in [9.17, 15) is 4.79 Å². The average molecular weight is 509 g/mol. The summed E-state index contributed by atoms with van der Waals surface area (Å²) >= 11 is 0. The van der Waals surface area contributed by atoms with Crippen LogP contribution in [0.1, 0.15) is 36.9 Å². The number of pyridine rings is 1. The SMILES string of the molecule is C#CCn1c(=O)c2cnc(Nc3ccc(N4CCN(C)CC4)cc3)nc2n1-c1ccc2c(n1)C(CC)CC2. The highest BCUT2D eigenvalue weighted by atomic mass is 16.1. The highest BCUT2D eigenvalue weighted by molar-refractivity contribution is 5.77. The fraction of sp³-hybridized carbons (Fsp3) is 0.379. The molecule has 1 fully saturated rings. The van der Waals surface area contributed by atoms with Crippen molar-refractivity contribution in [2.75, 3.05) is 43.4 Å². The summed E-state index contributed by atoms with van der Waals surface area (Å²) in [7, 11) is 2.16. The number of benzene rings is 1. The van der Waals surface area contributed by atoms with Gasteiger partial charge >= 0.3 is 0 Å². The standard InChI is InChI=1S/C29H32N8O/c1-4-14-36-28(38)24-19-30-29(31-22-9-11-23(12-10-22)35-17-15-34(3)16-18-35)33-27(24)37(36)25-13-8-21-7-6-20(5-2)26(21)32-25/h1,8-13,19-20H,5-7,14-18H2,2-3H3,(H,30,31,33). The monoisotopic (exact) mass is 508 g/mol. The van der Waals surface area contributed by atoms with E-state index in [0.717, 1.165) is 56.8 Å². The summed E-state index contributed by atoms with van der Waals surface area (Å²) in [6, 6.07) is 12.4. The first-order valence-corrected chi connectivity index (χ1v) is 13.3. The van der Waals surface area contributed by atoms with Gasteiger partial charge in [-0.05, 0) is 62.2 Å². The Morgan fingerprint density at radius 3 is 2.61 bits per heavy atom. The Kier molecular flexibility index (Phi) is 6.34.